The quantitative estimate of drug-likeness (QED) is 0.322. The molecule has 170 valence electrons. The number of aliphatic imine (C=N–C) groups is 1. The lowest BCUT2D eigenvalue weighted by atomic mass is 10.1. The number of hydrogen-bond donors (Lipinski definition) is 2. The van der Waals surface area contributed by atoms with Crippen LogP contribution >= 0.6 is 35.3 Å². The van der Waals surface area contributed by atoms with Crippen LogP contribution in [0.15, 0.2) is 22.5 Å². The van der Waals surface area contributed by atoms with E-state index in [4.69, 9.17) is 9.47 Å². The molecule has 2 aliphatic heterocycles. The molecule has 2 saturated heterocycles. The maximum atomic E-state index is 11.9. The van der Waals surface area contributed by atoms with E-state index in [1.54, 1.807) is 23.3 Å². The number of rotatable bonds is 6. The standard InChI is InChI=1S/C20H33N5O3S.HI/c1-3-28-20(26)25-8-6-16(7-9-25)23-19(21-2)22-15-17(18-5-4-14-29-18)24-10-12-27-13-11-24;/h4-5,14,16-17H,3,6-13,15H2,1-2H3,(H2,21,22,23);1H. The number of morpholine rings is 1. The van der Waals surface area contributed by atoms with E-state index in [0.29, 0.717) is 31.8 Å². The zero-order chi connectivity index (χ0) is 20.5. The van der Waals surface area contributed by atoms with E-state index < -0.39 is 0 Å². The third-order valence-corrected chi connectivity index (χ3v) is 6.38. The highest BCUT2D eigenvalue weighted by molar-refractivity contribution is 14.0. The second kappa shape index (κ2) is 13.3. The van der Waals surface area contributed by atoms with Crippen molar-refractivity contribution in [2.24, 2.45) is 4.99 Å². The molecule has 1 aromatic heterocycles. The van der Waals surface area contributed by atoms with Gasteiger partial charge in [-0.1, -0.05) is 6.07 Å². The van der Waals surface area contributed by atoms with E-state index in [1.165, 1.54) is 4.88 Å². The van der Waals surface area contributed by atoms with Gasteiger partial charge in [-0.3, -0.25) is 9.89 Å². The number of nitrogens with zero attached hydrogens (tertiary/aromatic N) is 3. The predicted molar refractivity (Wildman–Crippen MR) is 131 cm³/mol. The van der Waals surface area contributed by atoms with Crippen molar-refractivity contribution in [2.75, 3.05) is 59.6 Å². The lowest BCUT2D eigenvalue weighted by Crippen LogP contribution is -2.51. The number of nitrogens with one attached hydrogen (secondary N) is 2. The molecule has 1 unspecified atom stereocenters. The van der Waals surface area contributed by atoms with Gasteiger partial charge in [0.15, 0.2) is 5.96 Å². The Morgan fingerprint density at radius 2 is 2.07 bits per heavy atom. The van der Waals surface area contributed by atoms with Crippen molar-refractivity contribution in [3.63, 3.8) is 0 Å². The summed E-state index contributed by atoms with van der Waals surface area (Å²) in [6, 6.07) is 4.92. The number of piperidine rings is 1. The van der Waals surface area contributed by atoms with Gasteiger partial charge in [-0.15, -0.1) is 35.3 Å². The minimum Gasteiger partial charge on any atom is -0.450 e. The predicted octanol–water partition coefficient (Wildman–Crippen LogP) is 2.53. The number of thiophene rings is 1. The summed E-state index contributed by atoms with van der Waals surface area (Å²) in [6.07, 6.45) is 1.56. The van der Waals surface area contributed by atoms with Gasteiger partial charge in [0.25, 0.3) is 0 Å². The molecule has 3 heterocycles. The van der Waals surface area contributed by atoms with Crippen LogP contribution in [0.3, 0.4) is 0 Å². The van der Waals surface area contributed by atoms with E-state index in [2.05, 4.69) is 38.0 Å². The molecule has 0 radical (unpaired) electrons. The number of halogens is 1. The third kappa shape index (κ3) is 7.24. The van der Waals surface area contributed by atoms with E-state index in [1.807, 2.05) is 6.92 Å². The zero-order valence-corrected chi connectivity index (χ0v) is 21.0. The fourth-order valence-corrected chi connectivity index (χ4v) is 4.64. The molecule has 1 aromatic rings. The average Bonchev–Trinajstić information content (AvgIpc) is 3.29. The van der Waals surface area contributed by atoms with Gasteiger partial charge in [-0.25, -0.2) is 4.79 Å². The molecule has 2 N–H and O–H groups in total. The number of amides is 1. The van der Waals surface area contributed by atoms with Gasteiger partial charge in [0.2, 0.25) is 0 Å². The van der Waals surface area contributed by atoms with Gasteiger partial charge in [0, 0.05) is 50.7 Å². The summed E-state index contributed by atoms with van der Waals surface area (Å²) in [7, 11) is 1.80. The van der Waals surface area contributed by atoms with Crippen LogP contribution < -0.4 is 10.6 Å². The molecule has 2 fully saturated rings. The Labute approximate surface area is 200 Å². The number of likely N-dealkylation sites (tertiary alicyclic amines) is 1. The number of guanidine groups is 1. The lowest BCUT2D eigenvalue weighted by molar-refractivity contribution is 0.0177. The average molecular weight is 551 g/mol. The van der Waals surface area contributed by atoms with Crippen molar-refractivity contribution in [1.82, 2.24) is 20.4 Å². The molecule has 0 aliphatic carbocycles. The largest absolute Gasteiger partial charge is 0.450 e. The summed E-state index contributed by atoms with van der Waals surface area (Å²) in [6.45, 7) is 7.93. The zero-order valence-electron chi connectivity index (χ0n) is 17.8. The molecule has 0 bridgehead atoms. The highest BCUT2D eigenvalue weighted by Crippen LogP contribution is 2.25. The van der Waals surface area contributed by atoms with Gasteiger partial charge in [0.05, 0.1) is 25.9 Å². The molecule has 1 atom stereocenters. The summed E-state index contributed by atoms with van der Waals surface area (Å²) in [5.74, 6) is 0.814. The molecular formula is C20H34IN5O3S. The van der Waals surface area contributed by atoms with Gasteiger partial charge in [-0.05, 0) is 31.2 Å². The molecule has 8 nitrogen and oxygen atoms in total. The van der Waals surface area contributed by atoms with Crippen molar-refractivity contribution in [3.8, 4) is 0 Å². The Kier molecular flexibility index (Phi) is 11.2. The van der Waals surface area contributed by atoms with E-state index >= 15 is 0 Å². The summed E-state index contributed by atoms with van der Waals surface area (Å²) >= 11 is 1.79. The monoisotopic (exact) mass is 551 g/mol. The highest BCUT2D eigenvalue weighted by Gasteiger charge is 2.26. The second-order valence-electron chi connectivity index (χ2n) is 7.24. The van der Waals surface area contributed by atoms with Crippen LogP contribution in [0, 0.1) is 0 Å². The first kappa shape index (κ1) is 25.2. The number of ether oxygens (including phenoxy) is 2. The summed E-state index contributed by atoms with van der Waals surface area (Å²) in [5.41, 5.74) is 0. The minimum absolute atomic E-state index is 0. The van der Waals surface area contributed by atoms with Crippen LogP contribution in [0.25, 0.3) is 0 Å². The van der Waals surface area contributed by atoms with Gasteiger partial charge in [0.1, 0.15) is 0 Å². The number of carbonyl (C=O) groups is 1. The van der Waals surface area contributed by atoms with Crippen LogP contribution in [0.2, 0.25) is 0 Å². The van der Waals surface area contributed by atoms with Crippen LogP contribution in [0.4, 0.5) is 4.79 Å². The topological polar surface area (TPSA) is 78.4 Å². The first-order valence-electron chi connectivity index (χ1n) is 10.4. The van der Waals surface area contributed by atoms with Crippen LogP contribution in [-0.2, 0) is 9.47 Å². The van der Waals surface area contributed by atoms with E-state index in [9.17, 15) is 4.79 Å². The first-order chi connectivity index (χ1) is 14.2. The lowest BCUT2D eigenvalue weighted by Gasteiger charge is -2.35. The first-order valence-corrected chi connectivity index (χ1v) is 11.3. The van der Waals surface area contributed by atoms with Crippen LogP contribution in [0.5, 0.6) is 0 Å². The maximum Gasteiger partial charge on any atom is 0.409 e. The number of carbonyl (C=O) groups excluding carboxylic acids is 1. The van der Waals surface area contributed by atoms with Crippen molar-refractivity contribution in [1.29, 1.82) is 0 Å². The Hall–Kier alpha value is -1.11. The third-order valence-electron chi connectivity index (χ3n) is 5.41. The second-order valence-corrected chi connectivity index (χ2v) is 8.22. The molecule has 0 spiro atoms. The van der Waals surface area contributed by atoms with Crippen molar-refractivity contribution >= 4 is 47.4 Å². The number of hydrogen-bond acceptors (Lipinski definition) is 6. The molecule has 0 saturated carbocycles. The Balaban J connectivity index is 0.00000320. The Morgan fingerprint density at radius 1 is 1.33 bits per heavy atom. The van der Waals surface area contributed by atoms with Gasteiger partial charge >= 0.3 is 6.09 Å². The molecule has 0 aromatic carbocycles. The van der Waals surface area contributed by atoms with E-state index in [0.717, 1.165) is 51.6 Å². The van der Waals surface area contributed by atoms with Crippen molar-refractivity contribution in [2.45, 2.75) is 31.8 Å². The smallest absolute Gasteiger partial charge is 0.409 e. The molecule has 10 heteroatoms. The fourth-order valence-electron chi connectivity index (χ4n) is 3.78. The normalized spacial score (nSPS) is 19.7. The van der Waals surface area contributed by atoms with E-state index in [-0.39, 0.29) is 30.1 Å². The summed E-state index contributed by atoms with van der Waals surface area (Å²) < 4.78 is 10.6. The molecular weight excluding hydrogens is 517 g/mol. The van der Waals surface area contributed by atoms with Gasteiger partial charge < -0.3 is 25.0 Å². The van der Waals surface area contributed by atoms with Crippen LogP contribution in [-0.4, -0.2) is 87.5 Å². The highest BCUT2D eigenvalue weighted by atomic mass is 127. The molecule has 2 aliphatic rings. The van der Waals surface area contributed by atoms with Crippen LogP contribution in [0.1, 0.15) is 30.7 Å². The Morgan fingerprint density at radius 3 is 2.67 bits per heavy atom. The maximum absolute atomic E-state index is 11.9. The van der Waals surface area contributed by atoms with Crippen molar-refractivity contribution < 1.29 is 14.3 Å². The Bertz CT molecular complexity index is 647. The van der Waals surface area contributed by atoms with Crippen molar-refractivity contribution in [3.05, 3.63) is 22.4 Å². The van der Waals surface area contributed by atoms with Gasteiger partial charge in [-0.2, -0.15) is 0 Å². The summed E-state index contributed by atoms with van der Waals surface area (Å²) in [4.78, 5) is 21.9. The summed E-state index contributed by atoms with van der Waals surface area (Å²) in [5, 5.41) is 9.17. The molecule has 1 amide bonds. The minimum atomic E-state index is -0.210. The molecule has 3 rings (SSSR count). The SMILES string of the molecule is CCOC(=O)N1CCC(NC(=NC)NCC(c2cccs2)N2CCOCC2)CC1.I. The fraction of sp³-hybridized carbons (Fsp3) is 0.700. The molecule has 30 heavy (non-hydrogen) atoms.